The first kappa shape index (κ1) is 14.1. The summed E-state index contributed by atoms with van der Waals surface area (Å²) in [5, 5.41) is 1.90. The van der Waals surface area contributed by atoms with E-state index in [0.717, 1.165) is 10.6 Å². The molecule has 0 amide bonds. The van der Waals surface area contributed by atoms with Crippen LogP contribution in [0.5, 0.6) is 0 Å². The minimum absolute atomic E-state index is 0.0853. The number of anilines is 1. The van der Waals surface area contributed by atoms with Crippen molar-refractivity contribution in [3.8, 4) is 0 Å². The van der Waals surface area contributed by atoms with E-state index in [1.807, 2.05) is 12.3 Å². The van der Waals surface area contributed by atoms with Gasteiger partial charge in [-0.15, -0.1) is 23.1 Å². The molecule has 0 bridgehead atoms. The quantitative estimate of drug-likeness (QED) is 0.595. The van der Waals surface area contributed by atoms with E-state index in [1.165, 1.54) is 41.3 Å². The SMILES string of the molecule is Cc1csc2nc(CSc3ccc(N)c(F)c3)cc(=O)n12. The molecule has 0 atom stereocenters. The number of rotatable bonds is 3. The van der Waals surface area contributed by atoms with Crippen LogP contribution in [0.1, 0.15) is 11.4 Å². The molecule has 0 saturated heterocycles. The van der Waals surface area contributed by atoms with Crippen LogP contribution in [0.3, 0.4) is 0 Å². The molecular weight excluding hydrogens is 309 g/mol. The summed E-state index contributed by atoms with van der Waals surface area (Å²) in [6.07, 6.45) is 0. The number of thiazole rings is 1. The molecule has 1 aromatic carbocycles. The molecule has 4 nitrogen and oxygen atoms in total. The monoisotopic (exact) mass is 321 g/mol. The average Bonchev–Trinajstić information content (AvgIpc) is 2.82. The van der Waals surface area contributed by atoms with Gasteiger partial charge >= 0.3 is 0 Å². The lowest BCUT2D eigenvalue weighted by Crippen LogP contribution is -2.14. The number of fused-ring (bicyclic) bond motifs is 1. The first-order valence-electron chi connectivity index (χ1n) is 6.19. The molecule has 3 aromatic rings. The van der Waals surface area contributed by atoms with Crippen molar-refractivity contribution < 1.29 is 4.39 Å². The average molecular weight is 321 g/mol. The molecule has 0 aliphatic carbocycles. The Kier molecular flexibility index (Phi) is 3.69. The maximum absolute atomic E-state index is 13.4. The molecule has 2 aromatic heterocycles. The number of hydrogen-bond acceptors (Lipinski definition) is 5. The molecule has 0 spiro atoms. The minimum Gasteiger partial charge on any atom is -0.396 e. The number of nitrogens with zero attached hydrogens (tertiary/aromatic N) is 2. The summed E-state index contributed by atoms with van der Waals surface area (Å²) in [5.41, 5.74) is 7.05. The van der Waals surface area contributed by atoms with Crippen LogP contribution in [0.25, 0.3) is 4.96 Å². The van der Waals surface area contributed by atoms with Crippen LogP contribution >= 0.6 is 23.1 Å². The zero-order chi connectivity index (χ0) is 15.0. The van der Waals surface area contributed by atoms with E-state index in [9.17, 15) is 9.18 Å². The highest BCUT2D eigenvalue weighted by Gasteiger charge is 2.07. The fraction of sp³-hybridized carbons (Fsp3) is 0.143. The topological polar surface area (TPSA) is 60.4 Å². The van der Waals surface area contributed by atoms with Crippen LogP contribution in [0.4, 0.5) is 10.1 Å². The van der Waals surface area contributed by atoms with Gasteiger partial charge in [0.05, 0.1) is 11.4 Å². The molecule has 21 heavy (non-hydrogen) atoms. The maximum Gasteiger partial charge on any atom is 0.258 e. The van der Waals surface area contributed by atoms with Crippen molar-refractivity contribution in [2.24, 2.45) is 0 Å². The second-order valence-electron chi connectivity index (χ2n) is 4.55. The van der Waals surface area contributed by atoms with Gasteiger partial charge in [0.25, 0.3) is 5.56 Å². The number of benzene rings is 1. The number of aryl methyl sites for hydroxylation is 1. The van der Waals surface area contributed by atoms with E-state index in [1.54, 1.807) is 10.5 Å². The van der Waals surface area contributed by atoms with Gasteiger partial charge in [0.2, 0.25) is 0 Å². The molecule has 0 aliphatic heterocycles. The molecule has 0 unspecified atom stereocenters. The highest BCUT2D eigenvalue weighted by molar-refractivity contribution is 7.98. The van der Waals surface area contributed by atoms with Crippen molar-refractivity contribution in [1.82, 2.24) is 9.38 Å². The standard InChI is InChI=1S/C14H12FN3OS2/c1-8-6-21-14-17-9(4-13(19)18(8)14)7-20-10-2-3-12(16)11(15)5-10/h2-6H,7,16H2,1H3. The summed E-state index contributed by atoms with van der Waals surface area (Å²) in [7, 11) is 0. The molecule has 108 valence electrons. The second kappa shape index (κ2) is 5.50. The van der Waals surface area contributed by atoms with Gasteiger partial charge in [-0.05, 0) is 25.1 Å². The summed E-state index contributed by atoms with van der Waals surface area (Å²) in [6, 6.07) is 6.20. The molecule has 7 heteroatoms. The lowest BCUT2D eigenvalue weighted by Gasteiger charge is -2.04. The van der Waals surface area contributed by atoms with Crippen molar-refractivity contribution >= 4 is 33.7 Å². The Balaban J connectivity index is 1.85. The Bertz CT molecular complexity index is 872. The number of hydrogen-bond donors (Lipinski definition) is 1. The Morgan fingerprint density at radius 1 is 1.43 bits per heavy atom. The lowest BCUT2D eigenvalue weighted by atomic mass is 10.3. The molecule has 2 heterocycles. The van der Waals surface area contributed by atoms with Crippen molar-refractivity contribution in [3.05, 3.63) is 57.2 Å². The first-order valence-corrected chi connectivity index (χ1v) is 8.06. The number of thioether (sulfide) groups is 1. The van der Waals surface area contributed by atoms with Crippen LogP contribution in [0.15, 0.2) is 39.3 Å². The predicted octanol–water partition coefficient (Wildman–Crippen LogP) is 3.08. The molecule has 0 fully saturated rings. The summed E-state index contributed by atoms with van der Waals surface area (Å²) < 4.78 is 15.0. The third-order valence-electron chi connectivity index (χ3n) is 2.99. The van der Waals surface area contributed by atoms with E-state index < -0.39 is 5.82 Å². The van der Waals surface area contributed by atoms with Gasteiger partial charge in [-0.3, -0.25) is 9.20 Å². The number of aromatic nitrogens is 2. The van der Waals surface area contributed by atoms with Gasteiger partial charge in [0.1, 0.15) is 5.82 Å². The van der Waals surface area contributed by atoms with Gasteiger partial charge in [-0.2, -0.15) is 0 Å². The van der Waals surface area contributed by atoms with Crippen molar-refractivity contribution in [2.45, 2.75) is 17.6 Å². The summed E-state index contributed by atoms with van der Waals surface area (Å²) in [4.78, 5) is 17.9. The van der Waals surface area contributed by atoms with Crippen molar-refractivity contribution in [2.75, 3.05) is 5.73 Å². The van der Waals surface area contributed by atoms with Crippen LogP contribution in [-0.2, 0) is 5.75 Å². The van der Waals surface area contributed by atoms with E-state index in [-0.39, 0.29) is 11.2 Å². The highest BCUT2D eigenvalue weighted by Crippen LogP contribution is 2.25. The molecule has 0 aliphatic rings. The zero-order valence-corrected chi connectivity index (χ0v) is 12.8. The largest absolute Gasteiger partial charge is 0.396 e. The Hall–Kier alpha value is -1.86. The van der Waals surface area contributed by atoms with E-state index in [0.29, 0.717) is 16.4 Å². The van der Waals surface area contributed by atoms with Crippen LogP contribution in [0.2, 0.25) is 0 Å². The Morgan fingerprint density at radius 2 is 2.24 bits per heavy atom. The predicted molar refractivity (Wildman–Crippen MR) is 84.4 cm³/mol. The smallest absolute Gasteiger partial charge is 0.258 e. The van der Waals surface area contributed by atoms with Crippen LogP contribution in [0, 0.1) is 12.7 Å². The summed E-state index contributed by atoms with van der Waals surface area (Å²) >= 11 is 2.85. The highest BCUT2D eigenvalue weighted by atomic mass is 32.2. The van der Waals surface area contributed by atoms with E-state index in [2.05, 4.69) is 4.98 Å². The first-order chi connectivity index (χ1) is 10.0. The third-order valence-corrected chi connectivity index (χ3v) is 4.96. The van der Waals surface area contributed by atoms with Gasteiger partial charge < -0.3 is 5.73 Å². The third kappa shape index (κ3) is 2.79. The van der Waals surface area contributed by atoms with Crippen molar-refractivity contribution in [3.63, 3.8) is 0 Å². The Morgan fingerprint density at radius 3 is 3.00 bits per heavy atom. The van der Waals surface area contributed by atoms with E-state index >= 15 is 0 Å². The molecular formula is C14H12FN3OS2. The van der Waals surface area contributed by atoms with Gasteiger partial charge in [0, 0.05) is 27.8 Å². The van der Waals surface area contributed by atoms with Crippen LogP contribution < -0.4 is 11.3 Å². The second-order valence-corrected chi connectivity index (χ2v) is 6.44. The molecule has 3 rings (SSSR count). The fourth-order valence-electron chi connectivity index (χ4n) is 1.93. The minimum atomic E-state index is -0.433. The summed E-state index contributed by atoms with van der Waals surface area (Å²) in [5.74, 6) is 0.0730. The van der Waals surface area contributed by atoms with Crippen molar-refractivity contribution in [1.29, 1.82) is 0 Å². The number of nitrogen functional groups attached to an aromatic ring is 1. The lowest BCUT2D eigenvalue weighted by molar-refractivity contribution is 0.629. The fourth-order valence-corrected chi connectivity index (χ4v) is 3.63. The Labute approximate surface area is 128 Å². The number of halogens is 1. The van der Waals surface area contributed by atoms with Gasteiger partial charge in [-0.1, -0.05) is 0 Å². The molecule has 0 radical (unpaired) electrons. The zero-order valence-electron chi connectivity index (χ0n) is 11.2. The molecule has 2 N–H and O–H groups in total. The number of nitrogens with two attached hydrogens (primary N) is 1. The molecule has 0 saturated carbocycles. The van der Waals surface area contributed by atoms with Gasteiger partial charge in [0.15, 0.2) is 4.96 Å². The van der Waals surface area contributed by atoms with E-state index in [4.69, 9.17) is 5.73 Å². The maximum atomic E-state index is 13.4. The summed E-state index contributed by atoms with van der Waals surface area (Å²) in [6.45, 7) is 1.87. The van der Waals surface area contributed by atoms with Gasteiger partial charge in [-0.25, -0.2) is 9.37 Å². The van der Waals surface area contributed by atoms with Crippen LogP contribution in [-0.4, -0.2) is 9.38 Å². The normalized spacial score (nSPS) is 11.1.